The van der Waals surface area contributed by atoms with Gasteiger partial charge in [-0.05, 0) is 40.2 Å². The van der Waals surface area contributed by atoms with Gasteiger partial charge in [-0.25, -0.2) is 4.98 Å². The van der Waals surface area contributed by atoms with Crippen LogP contribution in [0.25, 0.3) is 0 Å². The first-order valence-corrected chi connectivity index (χ1v) is 7.87. The van der Waals surface area contributed by atoms with Gasteiger partial charge in [-0.3, -0.25) is 4.90 Å². The van der Waals surface area contributed by atoms with Gasteiger partial charge >= 0.3 is 0 Å². The quantitative estimate of drug-likeness (QED) is 0.889. The summed E-state index contributed by atoms with van der Waals surface area (Å²) in [6.45, 7) is 12.2. The number of nitrogens with zero attached hydrogens (tertiary/aromatic N) is 2. The van der Waals surface area contributed by atoms with Crippen LogP contribution < -0.4 is 5.32 Å². The van der Waals surface area contributed by atoms with Crippen molar-refractivity contribution >= 4 is 11.3 Å². The number of likely N-dealkylation sites (tertiary alicyclic amines) is 1. The fourth-order valence-corrected chi connectivity index (χ4v) is 3.61. The number of hydrogen-bond acceptors (Lipinski definition) is 4. The first kappa shape index (κ1) is 14.0. The zero-order valence-electron chi connectivity index (χ0n) is 12.0. The van der Waals surface area contributed by atoms with Gasteiger partial charge in [0.25, 0.3) is 0 Å². The van der Waals surface area contributed by atoms with Gasteiger partial charge in [-0.15, -0.1) is 11.3 Å². The minimum absolute atomic E-state index is 0.0964. The van der Waals surface area contributed by atoms with Gasteiger partial charge in [0.15, 0.2) is 0 Å². The Morgan fingerprint density at radius 1 is 1.56 bits per heavy atom. The number of thiazole rings is 1. The van der Waals surface area contributed by atoms with Crippen LogP contribution in [0.15, 0.2) is 5.38 Å². The molecule has 102 valence electrons. The summed E-state index contributed by atoms with van der Waals surface area (Å²) >= 11 is 1.81. The molecule has 4 heteroatoms. The largest absolute Gasteiger partial charge is 0.304 e. The Morgan fingerprint density at radius 3 is 2.83 bits per heavy atom. The summed E-state index contributed by atoms with van der Waals surface area (Å²) in [5, 5.41) is 7.21. The molecule has 1 saturated heterocycles. The lowest BCUT2D eigenvalue weighted by molar-refractivity contribution is 0.239. The van der Waals surface area contributed by atoms with Crippen molar-refractivity contribution in [2.24, 2.45) is 0 Å². The maximum atomic E-state index is 4.74. The first-order valence-electron chi connectivity index (χ1n) is 6.99. The zero-order chi connectivity index (χ0) is 13.2. The lowest BCUT2D eigenvalue weighted by Crippen LogP contribution is -2.46. The third kappa shape index (κ3) is 2.76. The molecule has 18 heavy (non-hydrogen) atoms. The number of aryl methyl sites for hydroxylation is 1. The van der Waals surface area contributed by atoms with Crippen LogP contribution in [0.1, 0.15) is 44.3 Å². The van der Waals surface area contributed by atoms with Crippen LogP contribution in [-0.4, -0.2) is 35.6 Å². The van der Waals surface area contributed by atoms with Gasteiger partial charge in [0, 0.05) is 30.2 Å². The van der Waals surface area contributed by atoms with Gasteiger partial charge in [-0.1, -0.05) is 6.92 Å². The monoisotopic (exact) mass is 267 g/mol. The van der Waals surface area contributed by atoms with Gasteiger partial charge < -0.3 is 5.32 Å². The lowest BCUT2D eigenvalue weighted by atomic mass is 9.99. The fraction of sp³-hybridized carbons (Fsp3) is 0.786. The summed E-state index contributed by atoms with van der Waals surface area (Å²) in [5.41, 5.74) is 1.25. The molecule has 2 rings (SSSR count). The Hall–Kier alpha value is -0.450. The highest BCUT2D eigenvalue weighted by atomic mass is 32.1. The Labute approximate surface area is 115 Å². The van der Waals surface area contributed by atoms with Gasteiger partial charge in [0.2, 0.25) is 0 Å². The molecule has 1 N–H and O–H groups in total. The average Bonchev–Trinajstić information content (AvgIpc) is 2.94. The standard InChI is InChI=1S/C14H25N3S/c1-5-7-15-14(13-16-12(4)9-18-13)6-8-17(10-14)11(2)3/h9,11,15H,5-8,10H2,1-4H3. The third-order valence-electron chi connectivity index (χ3n) is 3.77. The smallest absolute Gasteiger partial charge is 0.114 e. The molecule has 1 aromatic rings. The normalized spacial score (nSPS) is 25.2. The molecule has 1 aromatic heterocycles. The second-order valence-electron chi connectivity index (χ2n) is 5.62. The van der Waals surface area contributed by atoms with E-state index in [-0.39, 0.29) is 5.54 Å². The van der Waals surface area contributed by atoms with Gasteiger partial charge in [0.1, 0.15) is 5.01 Å². The predicted molar refractivity (Wildman–Crippen MR) is 78.1 cm³/mol. The summed E-state index contributed by atoms with van der Waals surface area (Å²) in [6.07, 6.45) is 2.35. The number of hydrogen-bond donors (Lipinski definition) is 1. The molecule has 0 aliphatic carbocycles. The highest BCUT2D eigenvalue weighted by Crippen LogP contribution is 2.34. The molecule has 0 saturated carbocycles. The molecule has 0 amide bonds. The SMILES string of the molecule is CCCNC1(c2nc(C)cs2)CCN(C(C)C)C1. The van der Waals surface area contributed by atoms with E-state index in [2.05, 4.69) is 43.3 Å². The fourth-order valence-electron chi connectivity index (χ4n) is 2.61. The van der Waals surface area contributed by atoms with Crippen molar-refractivity contribution in [2.45, 2.75) is 52.1 Å². The maximum absolute atomic E-state index is 4.74. The average molecular weight is 267 g/mol. The van der Waals surface area contributed by atoms with Crippen LogP contribution in [0.3, 0.4) is 0 Å². The lowest BCUT2D eigenvalue weighted by Gasteiger charge is -2.30. The molecule has 1 aliphatic heterocycles. The van der Waals surface area contributed by atoms with Crippen molar-refractivity contribution in [1.29, 1.82) is 0 Å². The van der Waals surface area contributed by atoms with Crippen LogP contribution in [0.4, 0.5) is 0 Å². The highest BCUT2D eigenvalue weighted by molar-refractivity contribution is 7.09. The zero-order valence-corrected chi connectivity index (χ0v) is 12.8. The van der Waals surface area contributed by atoms with E-state index in [1.165, 1.54) is 24.4 Å². The Kier molecular flexibility index (Phi) is 4.41. The third-order valence-corrected chi connectivity index (χ3v) is 4.94. The van der Waals surface area contributed by atoms with E-state index >= 15 is 0 Å². The molecule has 0 spiro atoms. The highest BCUT2D eigenvalue weighted by Gasteiger charge is 2.41. The van der Waals surface area contributed by atoms with Crippen molar-refractivity contribution in [3.8, 4) is 0 Å². The molecule has 1 aliphatic rings. The molecule has 0 aromatic carbocycles. The Balaban J connectivity index is 2.20. The van der Waals surface area contributed by atoms with E-state index in [1.54, 1.807) is 0 Å². The maximum Gasteiger partial charge on any atom is 0.114 e. The van der Waals surface area contributed by atoms with Crippen molar-refractivity contribution in [3.63, 3.8) is 0 Å². The summed E-state index contributed by atoms with van der Waals surface area (Å²) in [4.78, 5) is 7.30. The van der Waals surface area contributed by atoms with E-state index in [9.17, 15) is 0 Å². The molecule has 1 unspecified atom stereocenters. The van der Waals surface area contributed by atoms with E-state index < -0.39 is 0 Å². The second-order valence-corrected chi connectivity index (χ2v) is 6.48. The summed E-state index contributed by atoms with van der Waals surface area (Å²) in [7, 11) is 0. The Morgan fingerprint density at radius 2 is 2.33 bits per heavy atom. The van der Waals surface area contributed by atoms with Crippen molar-refractivity contribution in [2.75, 3.05) is 19.6 Å². The molecule has 0 bridgehead atoms. The molecular weight excluding hydrogens is 242 g/mol. The van der Waals surface area contributed by atoms with Gasteiger partial charge in [0.05, 0.1) is 5.54 Å². The first-order chi connectivity index (χ1) is 8.57. The van der Waals surface area contributed by atoms with Crippen LogP contribution in [0.5, 0.6) is 0 Å². The van der Waals surface area contributed by atoms with Crippen molar-refractivity contribution in [1.82, 2.24) is 15.2 Å². The summed E-state index contributed by atoms with van der Waals surface area (Å²) in [5.74, 6) is 0. The minimum atomic E-state index is 0.0964. The second kappa shape index (κ2) is 5.68. The molecule has 0 radical (unpaired) electrons. The predicted octanol–water partition coefficient (Wildman–Crippen LogP) is 2.76. The molecular formula is C14H25N3S. The topological polar surface area (TPSA) is 28.2 Å². The van der Waals surface area contributed by atoms with Crippen molar-refractivity contribution in [3.05, 3.63) is 16.1 Å². The van der Waals surface area contributed by atoms with E-state index in [1.807, 2.05) is 11.3 Å². The Bertz CT molecular complexity index is 388. The minimum Gasteiger partial charge on any atom is -0.304 e. The van der Waals surface area contributed by atoms with E-state index in [4.69, 9.17) is 4.98 Å². The summed E-state index contributed by atoms with van der Waals surface area (Å²) < 4.78 is 0. The molecule has 2 heterocycles. The van der Waals surface area contributed by atoms with E-state index in [0.717, 1.165) is 18.8 Å². The number of nitrogens with one attached hydrogen (secondary N) is 1. The van der Waals surface area contributed by atoms with E-state index in [0.29, 0.717) is 6.04 Å². The summed E-state index contributed by atoms with van der Waals surface area (Å²) in [6, 6.07) is 0.622. The van der Waals surface area contributed by atoms with Gasteiger partial charge in [-0.2, -0.15) is 0 Å². The van der Waals surface area contributed by atoms with Crippen LogP contribution in [0, 0.1) is 6.92 Å². The molecule has 3 nitrogen and oxygen atoms in total. The van der Waals surface area contributed by atoms with Crippen molar-refractivity contribution < 1.29 is 0 Å². The number of rotatable bonds is 5. The van der Waals surface area contributed by atoms with Crippen LogP contribution in [-0.2, 0) is 5.54 Å². The number of aromatic nitrogens is 1. The van der Waals surface area contributed by atoms with Crippen LogP contribution >= 0.6 is 11.3 Å². The molecule has 1 atom stereocenters. The van der Waals surface area contributed by atoms with Crippen LogP contribution in [0.2, 0.25) is 0 Å². The molecule has 1 fully saturated rings.